The number of hydrogen-bond acceptors (Lipinski definition) is 2. The lowest BCUT2D eigenvalue weighted by Crippen LogP contribution is -2.28. The minimum atomic E-state index is -4.36. The van der Waals surface area contributed by atoms with Gasteiger partial charge in [0.2, 0.25) is 0 Å². The van der Waals surface area contributed by atoms with E-state index in [4.69, 9.17) is 4.42 Å². The SMILES string of the molecule is O=C1C=C(c2cc3ccccc3o2)CC(C(F)(F)F)C1. The van der Waals surface area contributed by atoms with Crippen LogP contribution in [0.5, 0.6) is 0 Å². The molecule has 5 heteroatoms. The standard InChI is InChI=1S/C15H11F3O2/c16-15(17,18)11-5-10(6-12(19)8-11)14-7-9-3-1-2-4-13(9)20-14/h1-4,6-7,11H,5,8H2. The van der Waals surface area contributed by atoms with Crippen LogP contribution < -0.4 is 0 Å². The average molecular weight is 280 g/mol. The zero-order valence-electron chi connectivity index (χ0n) is 10.4. The van der Waals surface area contributed by atoms with E-state index in [1.807, 2.05) is 12.1 Å². The summed E-state index contributed by atoms with van der Waals surface area (Å²) in [6.07, 6.45) is -3.79. The molecule has 104 valence electrons. The van der Waals surface area contributed by atoms with Gasteiger partial charge in [0.05, 0.1) is 5.92 Å². The number of halogens is 3. The number of allylic oxidation sites excluding steroid dienone is 2. The fourth-order valence-electron chi connectivity index (χ4n) is 2.44. The number of para-hydroxylation sites is 1. The minimum Gasteiger partial charge on any atom is -0.456 e. The topological polar surface area (TPSA) is 30.2 Å². The predicted molar refractivity (Wildman–Crippen MR) is 68.0 cm³/mol. The zero-order valence-corrected chi connectivity index (χ0v) is 10.4. The number of benzene rings is 1. The van der Waals surface area contributed by atoms with Crippen molar-refractivity contribution in [2.75, 3.05) is 0 Å². The summed E-state index contributed by atoms with van der Waals surface area (Å²) in [5.74, 6) is -1.79. The molecule has 1 aromatic carbocycles. The molecule has 20 heavy (non-hydrogen) atoms. The van der Waals surface area contributed by atoms with Crippen molar-refractivity contribution in [3.63, 3.8) is 0 Å². The first-order valence-electron chi connectivity index (χ1n) is 6.22. The van der Waals surface area contributed by atoms with Crippen LogP contribution in [0, 0.1) is 5.92 Å². The van der Waals surface area contributed by atoms with Crippen molar-refractivity contribution in [2.45, 2.75) is 19.0 Å². The molecule has 0 saturated carbocycles. The summed E-state index contributed by atoms with van der Waals surface area (Å²) in [7, 11) is 0. The second kappa shape index (κ2) is 4.51. The van der Waals surface area contributed by atoms with Gasteiger partial charge in [-0.1, -0.05) is 18.2 Å². The van der Waals surface area contributed by atoms with Crippen LogP contribution in [0.4, 0.5) is 13.2 Å². The maximum atomic E-state index is 12.8. The summed E-state index contributed by atoms with van der Waals surface area (Å²) in [4.78, 5) is 11.5. The van der Waals surface area contributed by atoms with Crippen molar-refractivity contribution in [2.24, 2.45) is 5.92 Å². The Bertz CT molecular complexity index is 661. The minimum absolute atomic E-state index is 0.213. The monoisotopic (exact) mass is 280 g/mol. The molecule has 0 spiro atoms. The third kappa shape index (κ3) is 2.35. The second-order valence-corrected chi connectivity index (χ2v) is 4.93. The number of furan rings is 1. The largest absolute Gasteiger partial charge is 0.456 e. The summed E-state index contributed by atoms with van der Waals surface area (Å²) >= 11 is 0. The van der Waals surface area contributed by atoms with Crippen molar-refractivity contribution in [1.82, 2.24) is 0 Å². The van der Waals surface area contributed by atoms with Crippen LogP contribution in [0.2, 0.25) is 0 Å². The van der Waals surface area contributed by atoms with Crippen LogP contribution in [0.1, 0.15) is 18.6 Å². The summed E-state index contributed by atoms with van der Waals surface area (Å²) < 4.78 is 43.9. The van der Waals surface area contributed by atoms with Gasteiger partial charge in [0.1, 0.15) is 11.3 Å². The van der Waals surface area contributed by atoms with E-state index >= 15 is 0 Å². The Morgan fingerprint density at radius 2 is 1.90 bits per heavy atom. The lowest BCUT2D eigenvalue weighted by molar-refractivity contribution is -0.177. The van der Waals surface area contributed by atoms with Gasteiger partial charge in [-0.3, -0.25) is 4.79 Å². The molecule has 0 aliphatic heterocycles. The molecule has 0 amide bonds. The predicted octanol–water partition coefficient (Wildman–Crippen LogP) is 4.36. The van der Waals surface area contributed by atoms with Crippen LogP contribution in [0.3, 0.4) is 0 Å². The number of ketones is 1. The van der Waals surface area contributed by atoms with E-state index in [1.165, 1.54) is 6.08 Å². The first-order valence-corrected chi connectivity index (χ1v) is 6.22. The van der Waals surface area contributed by atoms with E-state index in [1.54, 1.807) is 18.2 Å². The van der Waals surface area contributed by atoms with Gasteiger partial charge >= 0.3 is 6.18 Å². The molecular formula is C15H11F3O2. The van der Waals surface area contributed by atoms with Gasteiger partial charge < -0.3 is 4.42 Å². The molecule has 1 unspecified atom stereocenters. The number of fused-ring (bicyclic) bond motifs is 1. The molecular weight excluding hydrogens is 269 g/mol. The molecule has 3 rings (SSSR count). The highest BCUT2D eigenvalue weighted by atomic mass is 19.4. The summed E-state index contributed by atoms with van der Waals surface area (Å²) in [6, 6.07) is 8.84. The molecule has 0 bridgehead atoms. The van der Waals surface area contributed by atoms with Crippen LogP contribution >= 0.6 is 0 Å². The highest BCUT2D eigenvalue weighted by Gasteiger charge is 2.43. The maximum absolute atomic E-state index is 12.8. The van der Waals surface area contributed by atoms with Gasteiger partial charge in [0, 0.05) is 11.8 Å². The molecule has 1 aliphatic carbocycles. The summed E-state index contributed by atoms with van der Waals surface area (Å²) in [5.41, 5.74) is 0.921. The van der Waals surface area contributed by atoms with E-state index in [2.05, 4.69) is 0 Å². The van der Waals surface area contributed by atoms with Crippen molar-refractivity contribution < 1.29 is 22.4 Å². The fourth-order valence-corrected chi connectivity index (χ4v) is 2.44. The Balaban J connectivity index is 1.98. The van der Waals surface area contributed by atoms with Gasteiger partial charge in [-0.15, -0.1) is 0 Å². The quantitative estimate of drug-likeness (QED) is 0.777. The maximum Gasteiger partial charge on any atom is 0.392 e. The third-order valence-electron chi connectivity index (χ3n) is 3.45. The van der Waals surface area contributed by atoms with Gasteiger partial charge in [0.25, 0.3) is 0 Å². The molecule has 1 aliphatic rings. The highest BCUT2D eigenvalue weighted by Crippen LogP contribution is 2.40. The van der Waals surface area contributed by atoms with Crippen molar-refractivity contribution in [3.8, 4) is 0 Å². The summed E-state index contributed by atoms with van der Waals surface area (Å²) in [5, 5.41) is 0.810. The van der Waals surface area contributed by atoms with E-state index in [9.17, 15) is 18.0 Å². The lowest BCUT2D eigenvalue weighted by atomic mass is 9.86. The molecule has 0 N–H and O–H groups in total. The molecule has 1 heterocycles. The molecule has 0 fully saturated rings. The number of hydrogen-bond donors (Lipinski definition) is 0. The average Bonchev–Trinajstić information content (AvgIpc) is 2.80. The Morgan fingerprint density at radius 3 is 2.60 bits per heavy atom. The molecule has 0 saturated heterocycles. The second-order valence-electron chi connectivity index (χ2n) is 4.93. The number of alkyl halides is 3. The smallest absolute Gasteiger partial charge is 0.392 e. The Hall–Kier alpha value is -2.04. The van der Waals surface area contributed by atoms with Crippen LogP contribution in [-0.4, -0.2) is 12.0 Å². The first-order chi connectivity index (χ1) is 9.43. The van der Waals surface area contributed by atoms with E-state index in [-0.39, 0.29) is 6.42 Å². The lowest BCUT2D eigenvalue weighted by Gasteiger charge is -2.23. The van der Waals surface area contributed by atoms with Gasteiger partial charge in [0.15, 0.2) is 5.78 Å². The van der Waals surface area contributed by atoms with Crippen LogP contribution in [0.25, 0.3) is 16.5 Å². The van der Waals surface area contributed by atoms with Gasteiger partial charge in [-0.05, 0) is 30.2 Å². The molecule has 2 aromatic rings. The van der Waals surface area contributed by atoms with Crippen LogP contribution in [0.15, 0.2) is 40.8 Å². The molecule has 0 radical (unpaired) electrons. The highest BCUT2D eigenvalue weighted by molar-refractivity contribution is 5.99. The molecule has 1 atom stereocenters. The van der Waals surface area contributed by atoms with Gasteiger partial charge in [-0.25, -0.2) is 0 Å². The summed E-state index contributed by atoms with van der Waals surface area (Å²) in [6.45, 7) is 0. The Labute approximate surface area is 112 Å². The molecule has 2 nitrogen and oxygen atoms in total. The van der Waals surface area contributed by atoms with E-state index in [0.29, 0.717) is 16.9 Å². The third-order valence-corrected chi connectivity index (χ3v) is 3.45. The number of carbonyl (C=O) groups is 1. The van der Waals surface area contributed by atoms with Crippen molar-refractivity contribution >= 4 is 22.3 Å². The van der Waals surface area contributed by atoms with Crippen molar-refractivity contribution in [1.29, 1.82) is 0 Å². The fraction of sp³-hybridized carbons (Fsp3) is 0.267. The van der Waals surface area contributed by atoms with E-state index < -0.39 is 24.3 Å². The number of rotatable bonds is 1. The van der Waals surface area contributed by atoms with Crippen LogP contribution in [-0.2, 0) is 4.79 Å². The Morgan fingerprint density at radius 1 is 1.15 bits per heavy atom. The normalized spacial score (nSPS) is 20.2. The van der Waals surface area contributed by atoms with Crippen molar-refractivity contribution in [3.05, 3.63) is 42.2 Å². The number of carbonyl (C=O) groups excluding carboxylic acids is 1. The first kappa shape index (κ1) is 13.0. The molecule has 1 aromatic heterocycles. The zero-order chi connectivity index (χ0) is 14.3. The van der Waals surface area contributed by atoms with Gasteiger partial charge in [-0.2, -0.15) is 13.2 Å². The van der Waals surface area contributed by atoms with E-state index in [0.717, 1.165) is 5.39 Å². The Kier molecular flexibility index (Phi) is 2.92.